The zero-order chi connectivity index (χ0) is 18.3. The lowest BCUT2D eigenvalue weighted by molar-refractivity contribution is 0.433. The number of rotatable bonds is 4. The van der Waals surface area contributed by atoms with Crippen LogP contribution in [0.5, 0.6) is 0 Å². The van der Waals surface area contributed by atoms with E-state index in [-0.39, 0.29) is 6.04 Å². The minimum atomic E-state index is 0.113. The summed E-state index contributed by atoms with van der Waals surface area (Å²) in [6, 6.07) is 6.22. The maximum Gasteiger partial charge on any atom is 0.131 e. The Morgan fingerprint density at radius 3 is 3.08 bits per heavy atom. The van der Waals surface area contributed by atoms with Gasteiger partial charge in [-0.15, -0.1) is 22.7 Å². The zero-order valence-corrected chi connectivity index (χ0v) is 18.2. The van der Waals surface area contributed by atoms with Gasteiger partial charge in [0.1, 0.15) is 5.15 Å². The van der Waals surface area contributed by atoms with Gasteiger partial charge in [-0.3, -0.25) is 0 Å². The van der Waals surface area contributed by atoms with Crippen molar-refractivity contribution in [2.45, 2.75) is 31.8 Å². The second-order valence-electron chi connectivity index (χ2n) is 6.59. The molecule has 0 saturated heterocycles. The van der Waals surface area contributed by atoms with Crippen LogP contribution < -0.4 is 11.1 Å². The highest BCUT2D eigenvalue weighted by molar-refractivity contribution is 9.10. The molecule has 3 N–H and O–H groups in total. The van der Waals surface area contributed by atoms with Gasteiger partial charge in [-0.1, -0.05) is 36.7 Å². The van der Waals surface area contributed by atoms with E-state index in [4.69, 9.17) is 17.3 Å². The van der Waals surface area contributed by atoms with Crippen LogP contribution in [-0.2, 0) is 6.54 Å². The fraction of sp³-hybridized carbons (Fsp3) is 0.316. The van der Waals surface area contributed by atoms with Crippen molar-refractivity contribution < 1.29 is 0 Å². The largest absolute Gasteiger partial charge is 0.379 e. The Kier molecular flexibility index (Phi) is 5.39. The molecule has 3 heterocycles. The van der Waals surface area contributed by atoms with Crippen molar-refractivity contribution in [3.63, 3.8) is 0 Å². The number of allylic oxidation sites excluding steroid dienone is 1. The first kappa shape index (κ1) is 18.4. The number of thiophene rings is 2. The van der Waals surface area contributed by atoms with E-state index in [9.17, 15) is 0 Å². The maximum absolute atomic E-state index is 6.51. The van der Waals surface area contributed by atoms with Gasteiger partial charge in [0, 0.05) is 34.3 Å². The van der Waals surface area contributed by atoms with E-state index < -0.39 is 0 Å². The lowest BCUT2D eigenvalue weighted by Gasteiger charge is -2.29. The van der Waals surface area contributed by atoms with Crippen LogP contribution in [0.15, 0.2) is 40.2 Å². The van der Waals surface area contributed by atoms with E-state index in [1.165, 1.54) is 9.75 Å². The molecule has 0 spiro atoms. The lowest BCUT2D eigenvalue weighted by atomic mass is 9.82. The van der Waals surface area contributed by atoms with Gasteiger partial charge >= 0.3 is 0 Å². The van der Waals surface area contributed by atoms with Crippen LogP contribution in [0, 0.1) is 5.92 Å². The third-order valence-electron chi connectivity index (χ3n) is 4.85. The highest BCUT2D eigenvalue weighted by Crippen LogP contribution is 2.46. The van der Waals surface area contributed by atoms with Gasteiger partial charge in [-0.05, 0) is 39.7 Å². The molecule has 3 atom stereocenters. The topological polar surface area (TPSA) is 50.9 Å². The average Bonchev–Trinajstić information content (AvgIpc) is 3.24. The molecule has 0 aromatic carbocycles. The Morgan fingerprint density at radius 1 is 1.46 bits per heavy atom. The lowest BCUT2D eigenvalue weighted by Crippen LogP contribution is -2.35. The molecule has 3 aromatic rings. The molecule has 4 rings (SSSR count). The molecule has 136 valence electrons. The maximum atomic E-state index is 6.51. The molecule has 1 aliphatic rings. The molecule has 0 saturated carbocycles. The minimum absolute atomic E-state index is 0.113. The first-order valence-corrected chi connectivity index (χ1v) is 11.4. The van der Waals surface area contributed by atoms with Crippen LogP contribution in [-0.4, -0.2) is 11.0 Å². The SMILES string of the molecule is C[C@@H]1C=CC[C@H](c2sc3c(NCc4cccs4)cc(Cl)nc3c2Br)[C@H]1N. The van der Waals surface area contributed by atoms with Gasteiger partial charge in [0.05, 0.1) is 20.4 Å². The van der Waals surface area contributed by atoms with Gasteiger partial charge in [-0.2, -0.15) is 0 Å². The van der Waals surface area contributed by atoms with E-state index in [2.05, 4.69) is 62.8 Å². The highest BCUT2D eigenvalue weighted by atomic mass is 79.9. The predicted octanol–water partition coefficient (Wildman–Crippen LogP) is 6.39. The third-order valence-corrected chi connectivity index (χ3v) is 8.33. The van der Waals surface area contributed by atoms with Gasteiger partial charge < -0.3 is 11.1 Å². The molecule has 3 nitrogen and oxygen atoms in total. The molecule has 1 aliphatic carbocycles. The second-order valence-corrected chi connectivity index (χ2v) is 9.85. The summed E-state index contributed by atoms with van der Waals surface area (Å²) in [6.45, 7) is 2.96. The first-order chi connectivity index (χ1) is 12.5. The average molecular weight is 469 g/mol. The minimum Gasteiger partial charge on any atom is -0.379 e. The van der Waals surface area contributed by atoms with Crippen molar-refractivity contribution in [2.75, 3.05) is 5.32 Å². The summed E-state index contributed by atoms with van der Waals surface area (Å²) in [5, 5.41) is 6.11. The van der Waals surface area contributed by atoms with Gasteiger partial charge in [-0.25, -0.2) is 4.98 Å². The molecule has 0 bridgehead atoms. The summed E-state index contributed by atoms with van der Waals surface area (Å²) < 4.78 is 2.16. The van der Waals surface area contributed by atoms with Gasteiger partial charge in [0.2, 0.25) is 0 Å². The number of nitrogens with zero attached hydrogens (tertiary/aromatic N) is 1. The Hall–Kier alpha value is -0.920. The number of nitrogens with one attached hydrogen (secondary N) is 1. The monoisotopic (exact) mass is 467 g/mol. The van der Waals surface area contributed by atoms with E-state index in [1.54, 1.807) is 22.7 Å². The molecule has 0 radical (unpaired) electrons. The first-order valence-electron chi connectivity index (χ1n) is 8.51. The molecule has 0 fully saturated rings. The third kappa shape index (κ3) is 3.45. The summed E-state index contributed by atoms with van der Waals surface area (Å²) in [4.78, 5) is 7.12. The number of halogens is 2. The summed E-state index contributed by atoms with van der Waals surface area (Å²) in [5.74, 6) is 0.673. The fourth-order valence-corrected chi connectivity index (χ4v) is 6.45. The van der Waals surface area contributed by atoms with Crippen LogP contribution in [0.3, 0.4) is 0 Å². The standard InChI is InChI=1S/C19H19BrClN3S2/c1-10-4-2-6-12(16(10)22)18-15(20)17-19(26-18)13(8-14(21)24-17)23-9-11-5-3-7-25-11/h2-5,7-8,10,12,16H,6,9,22H2,1H3,(H,23,24)/t10-,12+,16+/m1/s1. The van der Waals surface area contributed by atoms with Gasteiger partial charge in [0.15, 0.2) is 0 Å². The zero-order valence-electron chi connectivity index (χ0n) is 14.2. The van der Waals surface area contributed by atoms with Crippen molar-refractivity contribution in [1.29, 1.82) is 0 Å². The summed E-state index contributed by atoms with van der Waals surface area (Å²) in [7, 11) is 0. The molecule has 3 aromatic heterocycles. The normalized spacial score (nSPS) is 22.8. The number of anilines is 1. The van der Waals surface area contributed by atoms with Crippen molar-refractivity contribution in [2.24, 2.45) is 11.7 Å². The van der Waals surface area contributed by atoms with Crippen LogP contribution in [0.1, 0.15) is 29.0 Å². The number of pyridine rings is 1. The summed E-state index contributed by atoms with van der Waals surface area (Å²) >= 11 is 13.6. The second kappa shape index (κ2) is 7.60. The van der Waals surface area contributed by atoms with E-state index >= 15 is 0 Å². The molecule has 0 unspecified atom stereocenters. The Morgan fingerprint density at radius 2 is 2.31 bits per heavy atom. The van der Waals surface area contributed by atoms with Crippen molar-refractivity contribution in [3.8, 4) is 0 Å². The predicted molar refractivity (Wildman–Crippen MR) is 118 cm³/mol. The molecule has 7 heteroatoms. The van der Waals surface area contributed by atoms with Crippen LogP contribution in [0.25, 0.3) is 10.2 Å². The molecular weight excluding hydrogens is 450 g/mol. The number of nitrogens with two attached hydrogens (primary N) is 1. The summed E-state index contributed by atoms with van der Waals surface area (Å²) in [5.41, 5.74) is 8.45. The fourth-order valence-electron chi connectivity index (χ4n) is 3.36. The van der Waals surface area contributed by atoms with Crippen molar-refractivity contribution in [3.05, 3.63) is 55.1 Å². The quantitative estimate of drug-likeness (QED) is 0.344. The Labute approximate surface area is 174 Å². The van der Waals surface area contributed by atoms with Crippen LogP contribution >= 0.6 is 50.2 Å². The van der Waals surface area contributed by atoms with Crippen LogP contribution in [0.4, 0.5) is 5.69 Å². The Balaban J connectivity index is 1.73. The molecular formula is C19H19BrClN3S2. The number of fused-ring (bicyclic) bond motifs is 1. The number of hydrogen-bond acceptors (Lipinski definition) is 5. The molecule has 26 heavy (non-hydrogen) atoms. The van der Waals surface area contributed by atoms with E-state index in [0.29, 0.717) is 17.0 Å². The summed E-state index contributed by atoms with van der Waals surface area (Å²) in [6.07, 6.45) is 5.42. The highest BCUT2D eigenvalue weighted by Gasteiger charge is 2.30. The van der Waals surface area contributed by atoms with E-state index in [0.717, 1.165) is 33.3 Å². The Bertz CT molecular complexity index is 952. The van der Waals surface area contributed by atoms with Crippen LogP contribution in [0.2, 0.25) is 5.15 Å². The number of aromatic nitrogens is 1. The van der Waals surface area contributed by atoms with E-state index in [1.807, 2.05) is 6.07 Å². The number of hydrogen-bond donors (Lipinski definition) is 2. The van der Waals surface area contributed by atoms with Gasteiger partial charge in [0.25, 0.3) is 0 Å². The smallest absolute Gasteiger partial charge is 0.131 e. The van der Waals surface area contributed by atoms with Crippen molar-refractivity contribution in [1.82, 2.24) is 4.98 Å². The molecule has 0 aliphatic heterocycles. The van der Waals surface area contributed by atoms with Crippen molar-refractivity contribution >= 4 is 66.1 Å². The molecule has 0 amide bonds.